The number of benzene rings is 1. The Morgan fingerprint density at radius 2 is 2.04 bits per heavy atom. The molecule has 146 valence electrons. The molecule has 1 atom stereocenters. The van der Waals surface area contributed by atoms with Gasteiger partial charge in [-0.3, -0.25) is 9.69 Å². The van der Waals surface area contributed by atoms with E-state index in [-0.39, 0.29) is 11.7 Å². The van der Waals surface area contributed by atoms with E-state index in [1.54, 1.807) is 23.5 Å². The molecule has 1 amide bonds. The van der Waals surface area contributed by atoms with Crippen molar-refractivity contribution in [2.24, 2.45) is 5.92 Å². The van der Waals surface area contributed by atoms with Gasteiger partial charge in [0.15, 0.2) is 0 Å². The van der Waals surface area contributed by atoms with Gasteiger partial charge in [0.05, 0.1) is 10.7 Å². The normalized spacial score (nSPS) is 17.0. The molecule has 0 radical (unpaired) electrons. The Morgan fingerprint density at radius 1 is 1.33 bits per heavy atom. The Kier molecular flexibility index (Phi) is 6.96. The molecule has 2 aromatic rings. The maximum absolute atomic E-state index is 13.0. The smallest absolute Gasteiger partial charge is 0.220 e. The molecule has 3 rings (SSSR count). The van der Waals surface area contributed by atoms with Crippen molar-refractivity contribution in [2.45, 2.75) is 45.6 Å². The van der Waals surface area contributed by atoms with E-state index in [1.165, 1.54) is 25.0 Å². The molecule has 1 aliphatic rings. The third kappa shape index (κ3) is 5.84. The van der Waals surface area contributed by atoms with Crippen LogP contribution in [0.5, 0.6) is 0 Å². The number of hydrogen-bond acceptors (Lipinski definition) is 4. The summed E-state index contributed by atoms with van der Waals surface area (Å²) < 4.78 is 13.0. The Balaban J connectivity index is 1.41. The zero-order valence-electron chi connectivity index (χ0n) is 16.1. The molecule has 0 saturated carbocycles. The molecular formula is C21H28FN3OS. The summed E-state index contributed by atoms with van der Waals surface area (Å²) in [5.41, 5.74) is 1.73. The van der Waals surface area contributed by atoms with Crippen LogP contribution in [-0.2, 0) is 11.2 Å². The number of carbonyl (C=O) groups is 1. The number of carbonyl (C=O) groups excluding carboxylic acids is 1. The molecule has 1 aromatic carbocycles. The lowest BCUT2D eigenvalue weighted by Crippen LogP contribution is -2.45. The number of nitrogens with zero attached hydrogens (tertiary/aromatic N) is 2. The fraction of sp³-hybridized carbons (Fsp3) is 0.524. The van der Waals surface area contributed by atoms with E-state index in [4.69, 9.17) is 0 Å². The van der Waals surface area contributed by atoms with Gasteiger partial charge < -0.3 is 5.32 Å². The number of halogens is 1. The van der Waals surface area contributed by atoms with Crippen LogP contribution in [0, 0.1) is 11.7 Å². The minimum atomic E-state index is -0.251. The quantitative estimate of drug-likeness (QED) is 0.775. The van der Waals surface area contributed by atoms with E-state index in [0.717, 1.165) is 35.3 Å². The summed E-state index contributed by atoms with van der Waals surface area (Å²) in [4.78, 5) is 19.2. The van der Waals surface area contributed by atoms with E-state index in [0.29, 0.717) is 25.4 Å². The number of thiazole rings is 1. The Hall–Kier alpha value is -1.79. The zero-order valence-corrected chi connectivity index (χ0v) is 16.9. The van der Waals surface area contributed by atoms with E-state index in [1.807, 2.05) is 5.38 Å². The van der Waals surface area contributed by atoms with Gasteiger partial charge in [-0.15, -0.1) is 11.3 Å². The summed E-state index contributed by atoms with van der Waals surface area (Å²) in [7, 11) is 0. The van der Waals surface area contributed by atoms with Crippen LogP contribution < -0.4 is 5.32 Å². The second kappa shape index (κ2) is 9.42. The van der Waals surface area contributed by atoms with Gasteiger partial charge in [-0.05, 0) is 63.0 Å². The first-order valence-corrected chi connectivity index (χ1v) is 10.6. The van der Waals surface area contributed by atoms with Crippen molar-refractivity contribution >= 4 is 17.2 Å². The van der Waals surface area contributed by atoms with Crippen LogP contribution in [0.15, 0.2) is 29.6 Å². The molecule has 0 bridgehead atoms. The van der Waals surface area contributed by atoms with Crippen molar-refractivity contribution in [2.75, 3.05) is 19.6 Å². The Bertz CT molecular complexity index is 738. The maximum atomic E-state index is 13.0. The molecule has 27 heavy (non-hydrogen) atoms. The Morgan fingerprint density at radius 3 is 2.74 bits per heavy atom. The van der Waals surface area contributed by atoms with Crippen LogP contribution >= 0.6 is 11.3 Å². The van der Waals surface area contributed by atoms with Crippen LogP contribution in [-0.4, -0.2) is 41.5 Å². The van der Waals surface area contributed by atoms with E-state index in [2.05, 4.69) is 29.0 Å². The molecular weight excluding hydrogens is 361 g/mol. The predicted molar refractivity (Wildman–Crippen MR) is 108 cm³/mol. The zero-order chi connectivity index (χ0) is 19.2. The van der Waals surface area contributed by atoms with Crippen molar-refractivity contribution in [3.05, 3.63) is 40.5 Å². The van der Waals surface area contributed by atoms with Crippen molar-refractivity contribution in [1.29, 1.82) is 0 Å². The van der Waals surface area contributed by atoms with Crippen LogP contribution in [0.3, 0.4) is 0 Å². The molecule has 1 N–H and O–H groups in total. The average molecular weight is 390 g/mol. The first-order valence-electron chi connectivity index (χ1n) is 9.72. The first-order chi connectivity index (χ1) is 13.0. The summed E-state index contributed by atoms with van der Waals surface area (Å²) in [5, 5.41) is 5.95. The average Bonchev–Trinajstić information content (AvgIpc) is 3.14. The summed E-state index contributed by atoms with van der Waals surface area (Å²) in [6.07, 6.45) is 3.57. The van der Waals surface area contributed by atoms with Gasteiger partial charge in [0.1, 0.15) is 5.82 Å². The standard InChI is InChI=1S/C21H28FN3OS/c1-15-9-11-25(12-10-15)16(2)13-23-20(26)7-8-21-24-19(14-27-21)17-3-5-18(22)6-4-17/h3-6,14-16H,7-13H2,1-2H3,(H,23,26). The van der Waals surface area contributed by atoms with Crippen LogP contribution in [0.1, 0.15) is 38.1 Å². The molecule has 1 unspecified atom stereocenters. The Labute approximate surface area is 164 Å². The second-order valence-electron chi connectivity index (χ2n) is 7.50. The van der Waals surface area contributed by atoms with Gasteiger partial charge >= 0.3 is 0 Å². The highest BCUT2D eigenvalue weighted by Crippen LogP contribution is 2.23. The van der Waals surface area contributed by atoms with Crippen molar-refractivity contribution < 1.29 is 9.18 Å². The van der Waals surface area contributed by atoms with Crippen LogP contribution in [0.25, 0.3) is 11.3 Å². The van der Waals surface area contributed by atoms with Gasteiger partial charge in [-0.25, -0.2) is 9.37 Å². The number of piperidine rings is 1. The number of nitrogens with one attached hydrogen (secondary N) is 1. The molecule has 2 heterocycles. The number of aromatic nitrogens is 1. The van der Waals surface area contributed by atoms with Crippen molar-refractivity contribution in [1.82, 2.24) is 15.2 Å². The van der Waals surface area contributed by atoms with Crippen molar-refractivity contribution in [3.8, 4) is 11.3 Å². The number of hydrogen-bond donors (Lipinski definition) is 1. The highest BCUT2D eigenvalue weighted by atomic mass is 32.1. The maximum Gasteiger partial charge on any atom is 0.220 e. The van der Waals surface area contributed by atoms with Gasteiger partial charge in [0.2, 0.25) is 5.91 Å². The summed E-state index contributed by atoms with van der Waals surface area (Å²) in [6.45, 7) is 7.45. The number of likely N-dealkylation sites (tertiary alicyclic amines) is 1. The molecule has 0 aliphatic carbocycles. The third-order valence-corrected chi connectivity index (χ3v) is 6.20. The van der Waals surface area contributed by atoms with Gasteiger partial charge in [0.25, 0.3) is 0 Å². The molecule has 0 spiro atoms. The van der Waals surface area contributed by atoms with Gasteiger partial charge in [-0.1, -0.05) is 6.92 Å². The topological polar surface area (TPSA) is 45.2 Å². The largest absolute Gasteiger partial charge is 0.355 e. The van der Waals surface area contributed by atoms with Gasteiger partial charge in [0, 0.05) is 36.4 Å². The summed E-state index contributed by atoms with van der Waals surface area (Å²) in [5.74, 6) is 0.645. The fourth-order valence-corrected chi connectivity index (χ4v) is 4.16. The predicted octanol–water partition coefficient (Wildman–Crippen LogP) is 4.12. The third-order valence-electron chi connectivity index (χ3n) is 5.29. The van der Waals surface area contributed by atoms with Crippen molar-refractivity contribution in [3.63, 3.8) is 0 Å². The summed E-state index contributed by atoms with van der Waals surface area (Å²) in [6, 6.07) is 6.71. The first kappa shape index (κ1) is 20.0. The number of amides is 1. The lowest BCUT2D eigenvalue weighted by Gasteiger charge is -2.35. The molecule has 6 heteroatoms. The lowest BCUT2D eigenvalue weighted by atomic mass is 9.98. The fourth-order valence-electron chi connectivity index (χ4n) is 3.35. The SMILES string of the molecule is CC1CCN(C(C)CNC(=O)CCc2nc(-c3ccc(F)cc3)cs2)CC1. The van der Waals surface area contributed by atoms with Gasteiger partial charge in [-0.2, -0.15) is 0 Å². The molecule has 1 aliphatic heterocycles. The summed E-state index contributed by atoms with van der Waals surface area (Å²) >= 11 is 1.54. The number of rotatable bonds is 7. The lowest BCUT2D eigenvalue weighted by molar-refractivity contribution is -0.121. The molecule has 1 fully saturated rings. The van der Waals surface area contributed by atoms with Crippen LogP contribution in [0.4, 0.5) is 4.39 Å². The molecule has 1 saturated heterocycles. The minimum absolute atomic E-state index is 0.0748. The molecule has 4 nitrogen and oxygen atoms in total. The second-order valence-corrected chi connectivity index (χ2v) is 8.45. The van der Waals surface area contributed by atoms with Crippen LogP contribution in [0.2, 0.25) is 0 Å². The minimum Gasteiger partial charge on any atom is -0.355 e. The van der Waals surface area contributed by atoms with E-state index < -0.39 is 0 Å². The highest BCUT2D eigenvalue weighted by Gasteiger charge is 2.20. The van der Waals surface area contributed by atoms with E-state index in [9.17, 15) is 9.18 Å². The number of aryl methyl sites for hydroxylation is 1. The monoisotopic (exact) mass is 389 g/mol. The molecule has 1 aromatic heterocycles. The van der Waals surface area contributed by atoms with E-state index >= 15 is 0 Å². The highest BCUT2D eigenvalue weighted by molar-refractivity contribution is 7.09.